The minimum absolute atomic E-state index is 0.185. The van der Waals surface area contributed by atoms with Gasteiger partial charge in [-0.05, 0) is 54.4 Å². The zero-order chi connectivity index (χ0) is 21.6. The molecule has 1 aliphatic carbocycles. The van der Waals surface area contributed by atoms with Crippen LogP contribution in [0, 0.1) is 0 Å². The van der Waals surface area contributed by atoms with E-state index in [9.17, 15) is 9.59 Å². The largest absolute Gasteiger partial charge is 0.300 e. The molecule has 0 heterocycles. The van der Waals surface area contributed by atoms with Crippen LogP contribution in [0.2, 0.25) is 0 Å². The molecule has 158 valence electrons. The molecule has 0 aliphatic heterocycles. The smallest absolute Gasteiger partial charge is 0.134 e. The van der Waals surface area contributed by atoms with Crippen molar-refractivity contribution in [1.29, 1.82) is 0 Å². The Bertz CT molecular complexity index is 746. The zero-order valence-corrected chi connectivity index (χ0v) is 19.0. The standard InChI is InChI=1S/C14H16O2.C10H14.C3H8/c1-10(15)8-11-2-3-12-4-6-14(16)7-5-13(12)9-11;1-3-9(2)10-7-5-4-6-8-10;1-3-2/h2-3,9H,4-8H2,1H3;4-9H,3H2,1-2H3;3H2,1-2H3/t;9-;/m.0./s1. The summed E-state index contributed by atoms with van der Waals surface area (Å²) in [5, 5.41) is 0. The van der Waals surface area contributed by atoms with E-state index in [-0.39, 0.29) is 5.78 Å². The summed E-state index contributed by atoms with van der Waals surface area (Å²) in [5.41, 5.74) is 5.05. The summed E-state index contributed by atoms with van der Waals surface area (Å²) in [6, 6.07) is 16.8. The number of benzene rings is 2. The van der Waals surface area contributed by atoms with Crippen molar-refractivity contribution in [3.8, 4) is 0 Å². The van der Waals surface area contributed by atoms with Crippen molar-refractivity contribution in [2.45, 2.75) is 85.5 Å². The van der Waals surface area contributed by atoms with E-state index in [1.807, 2.05) is 6.07 Å². The Morgan fingerprint density at radius 3 is 2.03 bits per heavy atom. The SMILES string of the molecule is CC(=O)Cc1ccc2c(c1)CCC(=O)CC2.CCC.CC[C@H](C)c1ccccc1. The van der Waals surface area contributed by atoms with Gasteiger partial charge in [-0.2, -0.15) is 0 Å². The highest BCUT2D eigenvalue weighted by Crippen LogP contribution is 2.20. The minimum Gasteiger partial charge on any atom is -0.300 e. The number of fused-ring (bicyclic) bond motifs is 1. The van der Waals surface area contributed by atoms with Crippen molar-refractivity contribution in [2.75, 3.05) is 0 Å². The van der Waals surface area contributed by atoms with Gasteiger partial charge in [0.25, 0.3) is 0 Å². The van der Waals surface area contributed by atoms with Crippen LogP contribution >= 0.6 is 0 Å². The van der Waals surface area contributed by atoms with Crippen LogP contribution < -0.4 is 0 Å². The maximum atomic E-state index is 11.4. The number of rotatable bonds is 4. The Labute approximate surface area is 177 Å². The van der Waals surface area contributed by atoms with Crippen LogP contribution in [0.15, 0.2) is 48.5 Å². The predicted octanol–water partition coefficient (Wildman–Crippen LogP) is 6.88. The molecule has 0 aromatic heterocycles. The molecule has 0 spiro atoms. The van der Waals surface area contributed by atoms with E-state index in [1.54, 1.807) is 6.92 Å². The first-order valence-electron chi connectivity index (χ1n) is 11.1. The number of Topliss-reactive ketones (excluding diaryl/α,β-unsaturated/α-hetero) is 2. The summed E-state index contributed by atoms with van der Waals surface area (Å²) in [6.45, 7) is 10.3. The monoisotopic (exact) mass is 394 g/mol. The highest BCUT2D eigenvalue weighted by molar-refractivity contribution is 5.80. The minimum atomic E-state index is 0.185. The quantitative estimate of drug-likeness (QED) is 0.530. The Morgan fingerprint density at radius 2 is 1.48 bits per heavy atom. The number of ketones is 2. The van der Waals surface area contributed by atoms with E-state index in [4.69, 9.17) is 0 Å². The molecule has 2 nitrogen and oxygen atoms in total. The van der Waals surface area contributed by atoms with Crippen molar-refractivity contribution in [3.05, 3.63) is 70.8 Å². The molecule has 0 N–H and O–H groups in total. The van der Waals surface area contributed by atoms with Gasteiger partial charge in [0.1, 0.15) is 11.6 Å². The lowest BCUT2D eigenvalue weighted by molar-refractivity contribution is -0.119. The fourth-order valence-corrected chi connectivity index (χ4v) is 3.24. The van der Waals surface area contributed by atoms with Crippen LogP contribution in [0.4, 0.5) is 0 Å². The molecule has 0 radical (unpaired) electrons. The lowest BCUT2D eigenvalue weighted by Gasteiger charge is -2.07. The first kappa shape index (κ1) is 24.8. The second-order valence-electron chi connectivity index (χ2n) is 7.95. The number of hydrogen-bond acceptors (Lipinski definition) is 2. The van der Waals surface area contributed by atoms with Gasteiger partial charge in [-0.1, -0.05) is 82.6 Å². The Hall–Kier alpha value is -2.22. The average molecular weight is 395 g/mol. The van der Waals surface area contributed by atoms with E-state index < -0.39 is 0 Å². The third-order valence-electron chi connectivity index (χ3n) is 5.05. The second kappa shape index (κ2) is 13.9. The molecule has 1 aliphatic rings. The number of carbonyl (C=O) groups excluding carboxylic acids is 2. The number of hydrogen-bond donors (Lipinski definition) is 0. The van der Waals surface area contributed by atoms with Crippen LogP contribution in [0.25, 0.3) is 0 Å². The predicted molar refractivity (Wildman–Crippen MR) is 124 cm³/mol. The van der Waals surface area contributed by atoms with E-state index in [0.29, 0.717) is 31.0 Å². The van der Waals surface area contributed by atoms with E-state index >= 15 is 0 Å². The maximum Gasteiger partial charge on any atom is 0.134 e. The molecule has 2 heteroatoms. The number of carbonyl (C=O) groups is 2. The van der Waals surface area contributed by atoms with E-state index in [2.05, 4.69) is 70.2 Å². The van der Waals surface area contributed by atoms with Gasteiger partial charge in [0.2, 0.25) is 0 Å². The highest BCUT2D eigenvalue weighted by Gasteiger charge is 2.13. The molecule has 2 aromatic carbocycles. The van der Waals surface area contributed by atoms with E-state index in [0.717, 1.165) is 18.4 Å². The van der Waals surface area contributed by atoms with Gasteiger partial charge in [0, 0.05) is 19.3 Å². The summed E-state index contributed by atoms with van der Waals surface area (Å²) in [5.74, 6) is 1.25. The molecule has 0 amide bonds. The Balaban J connectivity index is 0.000000277. The van der Waals surface area contributed by atoms with Crippen LogP contribution in [-0.2, 0) is 28.9 Å². The molecule has 0 unspecified atom stereocenters. The van der Waals surface area contributed by atoms with Gasteiger partial charge < -0.3 is 0 Å². The van der Waals surface area contributed by atoms with Crippen LogP contribution in [0.3, 0.4) is 0 Å². The summed E-state index contributed by atoms with van der Waals surface area (Å²) < 4.78 is 0. The molecular weight excluding hydrogens is 356 g/mol. The van der Waals surface area contributed by atoms with Gasteiger partial charge in [0.05, 0.1) is 0 Å². The molecular formula is C27H38O2. The van der Waals surface area contributed by atoms with Crippen LogP contribution in [0.1, 0.15) is 88.5 Å². The van der Waals surface area contributed by atoms with Gasteiger partial charge >= 0.3 is 0 Å². The van der Waals surface area contributed by atoms with Crippen LogP contribution in [-0.4, -0.2) is 11.6 Å². The lowest BCUT2D eigenvalue weighted by Crippen LogP contribution is -1.99. The van der Waals surface area contributed by atoms with Crippen molar-refractivity contribution in [1.82, 2.24) is 0 Å². The highest BCUT2D eigenvalue weighted by atomic mass is 16.1. The fraction of sp³-hybridized carbons (Fsp3) is 0.481. The molecule has 0 saturated carbocycles. The number of aryl methyl sites for hydroxylation is 2. The van der Waals surface area contributed by atoms with Crippen LogP contribution in [0.5, 0.6) is 0 Å². The molecule has 2 aromatic rings. The first-order valence-corrected chi connectivity index (χ1v) is 11.1. The first-order chi connectivity index (χ1) is 13.9. The van der Waals surface area contributed by atoms with Gasteiger partial charge in [-0.15, -0.1) is 0 Å². The molecule has 1 atom stereocenters. The normalized spacial score (nSPS) is 13.6. The van der Waals surface area contributed by atoms with Gasteiger partial charge in [0.15, 0.2) is 0 Å². The van der Waals surface area contributed by atoms with Crippen molar-refractivity contribution in [3.63, 3.8) is 0 Å². The summed E-state index contributed by atoms with van der Waals surface area (Å²) in [4.78, 5) is 22.4. The topological polar surface area (TPSA) is 34.1 Å². The van der Waals surface area contributed by atoms with Crippen molar-refractivity contribution in [2.24, 2.45) is 0 Å². The summed E-state index contributed by atoms with van der Waals surface area (Å²) in [6.07, 6.45) is 5.98. The van der Waals surface area contributed by atoms with Crippen molar-refractivity contribution < 1.29 is 9.59 Å². The third kappa shape index (κ3) is 9.69. The van der Waals surface area contributed by atoms with Gasteiger partial charge in [-0.3, -0.25) is 9.59 Å². The maximum absolute atomic E-state index is 11.4. The second-order valence-corrected chi connectivity index (χ2v) is 7.95. The van der Waals surface area contributed by atoms with E-state index in [1.165, 1.54) is 29.5 Å². The van der Waals surface area contributed by atoms with Gasteiger partial charge in [-0.25, -0.2) is 0 Å². The molecule has 29 heavy (non-hydrogen) atoms. The third-order valence-corrected chi connectivity index (χ3v) is 5.05. The molecule has 3 rings (SSSR count). The zero-order valence-electron chi connectivity index (χ0n) is 19.0. The molecule has 0 bridgehead atoms. The Kier molecular flexibility index (Phi) is 11.9. The van der Waals surface area contributed by atoms with Crippen molar-refractivity contribution >= 4 is 11.6 Å². The summed E-state index contributed by atoms with van der Waals surface area (Å²) in [7, 11) is 0. The summed E-state index contributed by atoms with van der Waals surface area (Å²) >= 11 is 0. The Morgan fingerprint density at radius 1 is 0.897 bits per heavy atom. The molecule has 0 fully saturated rings. The lowest BCUT2D eigenvalue weighted by atomic mass is 9.98. The fourth-order valence-electron chi connectivity index (χ4n) is 3.24. The average Bonchev–Trinajstić information content (AvgIpc) is 2.90. The molecule has 0 saturated heterocycles.